The molecule has 3 aliphatic heterocycles. The molecule has 9 aliphatic rings. The second-order valence-corrected chi connectivity index (χ2v) is 43.7. The number of carbonyl (C=O) groups is 8. The Hall–Kier alpha value is -13.3. The number of hydrogen-bond acceptors (Lipinski definition) is 26. The molecule has 730 valence electrons. The number of pyridine rings is 3. The number of amides is 7. The van der Waals surface area contributed by atoms with E-state index in [-0.39, 0.29) is 67.9 Å². The highest BCUT2D eigenvalue weighted by Crippen LogP contribution is 2.49. The number of likely N-dealkylation sites (tertiary alicyclic amines) is 2. The minimum Gasteiger partial charge on any atom is -0.497 e. The third-order valence-electron chi connectivity index (χ3n) is 25.3. The van der Waals surface area contributed by atoms with Crippen LogP contribution in [0.25, 0.3) is 66.5 Å². The second-order valence-electron chi connectivity index (χ2n) is 37.9. The lowest BCUT2D eigenvalue weighted by molar-refractivity contribution is -0.144. The fourth-order valence-electron chi connectivity index (χ4n) is 17.1. The van der Waals surface area contributed by atoms with Gasteiger partial charge in [0.2, 0.25) is 47.8 Å². The second kappa shape index (κ2) is 39.7. The third kappa shape index (κ3) is 22.9. The predicted octanol–water partition coefficient (Wildman–Crippen LogP) is 11.3. The summed E-state index contributed by atoms with van der Waals surface area (Å²) in [6, 6.07) is 48.5. The van der Waals surface area contributed by atoms with Crippen LogP contribution in [0.1, 0.15) is 119 Å². The molecule has 0 spiro atoms. The third-order valence-corrected chi connectivity index (χ3v) is 30.4. The molecule has 0 bridgehead atoms. The number of nitrogens with two attached hydrogens (primary N) is 1. The molecule has 2 unspecified atom stereocenters. The van der Waals surface area contributed by atoms with Gasteiger partial charge >= 0.3 is 18.2 Å². The molecule has 9 aromatic rings. The van der Waals surface area contributed by atoms with Crippen LogP contribution in [-0.2, 0) is 68.3 Å². The van der Waals surface area contributed by atoms with Gasteiger partial charge in [0.05, 0.1) is 89.8 Å². The van der Waals surface area contributed by atoms with Crippen molar-refractivity contribution in [2.75, 3.05) is 41.0 Å². The number of nitrogens with zero attached hydrogens (tertiary/aromatic N) is 5. The fraction of sp³-hybridized carbons (Fsp3) is 0.410. The van der Waals surface area contributed by atoms with E-state index >= 15 is 0 Å². The van der Waals surface area contributed by atoms with Crippen molar-refractivity contribution >= 4 is 110 Å². The number of carbonyl (C=O) groups excluding carboxylic acids is 7. The van der Waals surface area contributed by atoms with Crippen molar-refractivity contribution in [2.45, 2.75) is 199 Å². The molecule has 7 amide bonds. The number of aliphatic carboxylic acids is 1. The number of aromatic nitrogens is 3. The molecular weight excluding hydrogens is 1830 g/mol. The zero-order valence-electron chi connectivity index (χ0n) is 77.9. The highest BCUT2D eigenvalue weighted by molar-refractivity contribution is 7.91. The summed E-state index contributed by atoms with van der Waals surface area (Å²) >= 11 is 0. The van der Waals surface area contributed by atoms with E-state index in [1.807, 2.05) is 158 Å². The summed E-state index contributed by atoms with van der Waals surface area (Å²) in [5.41, 5.74) is 0.965. The van der Waals surface area contributed by atoms with Gasteiger partial charge < -0.3 is 64.3 Å². The Morgan fingerprint density at radius 2 is 0.775 bits per heavy atom. The maximum atomic E-state index is 14.0. The van der Waals surface area contributed by atoms with Gasteiger partial charge in [0.15, 0.2) is 0 Å². The Labute approximate surface area is 800 Å². The van der Waals surface area contributed by atoms with Crippen molar-refractivity contribution in [3.8, 4) is 68.3 Å². The number of ether oxygens (including phenoxy) is 8. The minimum absolute atomic E-state index is 0.0216. The Morgan fingerprint density at radius 1 is 0.449 bits per heavy atom. The summed E-state index contributed by atoms with van der Waals surface area (Å²) in [5, 5.41) is 26.9. The average Bonchev–Trinajstić information content (AvgIpc) is 1.58. The number of methoxy groups -OCH3 is 3. The number of benzene rings is 6. The summed E-state index contributed by atoms with van der Waals surface area (Å²) in [6.45, 7) is 22.1. The van der Waals surface area contributed by atoms with E-state index in [0.717, 1.165) is 51.5 Å². The van der Waals surface area contributed by atoms with Crippen molar-refractivity contribution in [3.05, 3.63) is 202 Å². The van der Waals surface area contributed by atoms with Crippen LogP contribution < -0.4 is 64.3 Å². The van der Waals surface area contributed by atoms with Gasteiger partial charge in [-0.1, -0.05) is 109 Å². The summed E-state index contributed by atoms with van der Waals surface area (Å²) in [4.78, 5) is 123. The number of sulfonamides is 3. The maximum absolute atomic E-state index is 14.0. The normalized spacial score (nSPS) is 24.0. The quantitative estimate of drug-likeness (QED) is 0.0202. The van der Waals surface area contributed by atoms with E-state index < -0.39 is 146 Å². The Morgan fingerprint density at radius 3 is 1.07 bits per heavy atom. The lowest BCUT2D eigenvalue weighted by Crippen LogP contribution is -2.56. The fourth-order valence-corrected chi connectivity index (χ4v) is 20.6. The Balaban J connectivity index is 0.000000152. The minimum atomic E-state index is -3.85. The highest BCUT2D eigenvalue weighted by Gasteiger charge is 2.64. The van der Waals surface area contributed by atoms with E-state index in [1.165, 1.54) is 22.0 Å². The Bertz CT molecular complexity index is 6600. The van der Waals surface area contributed by atoms with Crippen LogP contribution in [0.3, 0.4) is 0 Å². The molecule has 6 saturated carbocycles. The van der Waals surface area contributed by atoms with Gasteiger partial charge in [0, 0.05) is 113 Å². The summed E-state index contributed by atoms with van der Waals surface area (Å²) in [5.74, 6) is -1.81. The first-order valence-electron chi connectivity index (χ1n) is 45.6. The number of primary sulfonamides is 1. The molecule has 0 radical (unpaired) electrons. The van der Waals surface area contributed by atoms with Crippen LogP contribution >= 0.6 is 0 Å². The van der Waals surface area contributed by atoms with E-state index in [2.05, 4.69) is 50.4 Å². The number of fused-ring (bicyclic) bond motifs is 3. The Kier molecular flexibility index (Phi) is 28.5. The molecule has 6 aliphatic carbocycles. The standard InChI is InChI=1S/C35H40N4O8S.C32H35N3O7.C30H32N4O6S.C3H7NO2S/c1-6-22-19-35(22,32(41)38-48(43,44)25-13-14-25)37-31(40)29-17-24(20-39(29)33(42)47-34(2,3)4)46-30-18-27(21-10-8-7-9-11-21)36-28-16-23(45-5)12-15-26(28)30;1-6-20-17-32(20,29(37)38)34-28(36)26-15-22(18-35(26)30(39)42-31(2,3)4)41-27-16-24(19-10-8-7-9-11-19)33-25-14-21(40-5)12-13-23(25)27;1-3-19-16-30(19,29(36)34-41(37,38)22-10-11-22)33-28(35)26-14-21(17-31-26)40-27-15-24(18-7-5-4-6-8-18)32-25-13-20(39-2)9-12-23(25)27;4-7(5,6)3-1-2-3/h6-12,15-16,18,22,24-25,29H,1,13-14,17,19-20H2,2-5H3,(H,37,40)(H,38,41);6-14,16,20,22,26H,1,15,17-18H2,2-5H3,(H,34,36)(H,37,38);3-9,12-13,15,19,21-22,26,31H,1,10-11,14,16-17H2,2H3,(H,33,35)(H,34,36);3H,1-2H2,(H2,4,5,6)/t22-,24-,29+,35-;20-,22-,26?,32-;19-,21-,26?,30-;/m111./s1. The summed E-state index contributed by atoms with van der Waals surface area (Å²) < 4.78 is 122. The first-order valence-corrected chi connectivity index (χ1v) is 50.3. The van der Waals surface area contributed by atoms with Crippen LogP contribution in [0.2, 0.25) is 0 Å². The van der Waals surface area contributed by atoms with Gasteiger partial charge in [-0.05, 0) is 136 Å². The zero-order valence-corrected chi connectivity index (χ0v) is 80.4. The SMILES string of the molecule is C=C[C@@H]1C[C@]1(NC(=O)C1C[C@@H](Oc2cc(-c3ccccc3)nc3cc(OC)ccc23)CN1)C(=O)NS(=O)(=O)C1CC1.C=C[C@@H]1C[C@]1(NC(=O)C1C[C@@H](Oc2cc(-c3ccccc3)nc3cc(OC)ccc23)CN1C(=O)OC(C)(C)C)C(=O)O.C=C[C@@H]1C[C@]1(NC(=O)[C@@H]1C[C@@H](Oc2cc(-c3ccccc3)nc3cc(OC)ccc23)CN1C(=O)OC(C)(C)C)C(=O)NS(=O)(=O)C1CC1.NS(=O)(=O)C1CC1. The first-order chi connectivity index (χ1) is 65.5. The molecule has 138 heavy (non-hydrogen) atoms. The molecular formula is C100H114N12O23S3. The average molecular weight is 1950 g/mol. The summed E-state index contributed by atoms with van der Waals surface area (Å²) in [6.07, 6.45) is 6.55. The van der Waals surface area contributed by atoms with Crippen molar-refractivity contribution in [1.29, 1.82) is 0 Å². The van der Waals surface area contributed by atoms with Crippen LogP contribution in [0, 0.1) is 17.8 Å². The number of hydrogen-bond donors (Lipinski definition) is 8. The van der Waals surface area contributed by atoms with E-state index in [9.17, 15) is 68.7 Å². The van der Waals surface area contributed by atoms with Crippen LogP contribution in [-0.4, -0.2) is 224 Å². The monoisotopic (exact) mass is 1950 g/mol. The van der Waals surface area contributed by atoms with Gasteiger partial charge in [-0.3, -0.25) is 43.2 Å². The molecule has 12 atom stereocenters. The molecule has 9 fully saturated rings. The van der Waals surface area contributed by atoms with Crippen molar-refractivity contribution in [3.63, 3.8) is 0 Å². The van der Waals surface area contributed by atoms with E-state index in [1.54, 1.807) is 75.0 Å². The topological polar surface area (TPSA) is 476 Å². The van der Waals surface area contributed by atoms with E-state index in [4.69, 9.17) is 58.0 Å². The van der Waals surface area contributed by atoms with Crippen molar-refractivity contribution in [1.82, 2.24) is 55.5 Å². The van der Waals surface area contributed by atoms with Crippen LogP contribution in [0.15, 0.2) is 202 Å². The number of nitrogens with one attached hydrogen (secondary N) is 6. The number of carboxylic acids is 1. The highest BCUT2D eigenvalue weighted by atomic mass is 32.2. The van der Waals surface area contributed by atoms with Crippen molar-refractivity contribution < 1.29 is 107 Å². The van der Waals surface area contributed by atoms with Crippen LogP contribution in [0.5, 0.6) is 34.5 Å². The predicted molar refractivity (Wildman–Crippen MR) is 515 cm³/mol. The lowest BCUT2D eigenvalue weighted by atomic mass is 10.1. The van der Waals surface area contributed by atoms with Gasteiger partial charge in [-0.25, -0.2) is 59.7 Å². The first kappa shape index (κ1) is 99.2. The van der Waals surface area contributed by atoms with Crippen LogP contribution in [0.4, 0.5) is 9.59 Å². The maximum Gasteiger partial charge on any atom is 0.411 e. The lowest BCUT2D eigenvalue weighted by Gasteiger charge is -2.29. The molecule has 18 rings (SSSR count). The van der Waals surface area contributed by atoms with E-state index in [0.29, 0.717) is 107 Å². The molecule has 6 aromatic carbocycles. The van der Waals surface area contributed by atoms with Crippen molar-refractivity contribution in [2.24, 2.45) is 22.9 Å². The largest absolute Gasteiger partial charge is 0.497 e. The summed E-state index contributed by atoms with van der Waals surface area (Å²) in [7, 11) is -5.95. The smallest absolute Gasteiger partial charge is 0.411 e. The zero-order chi connectivity index (χ0) is 98.9. The molecule has 35 nitrogen and oxygen atoms in total. The number of rotatable bonds is 29. The molecule has 3 aromatic heterocycles. The van der Waals surface area contributed by atoms with Gasteiger partial charge in [-0.2, -0.15) is 0 Å². The molecule has 3 saturated heterocycles. The van der Waals surface area contributed by atoms with Gasteiger partial charge in [-0.15, -0.1) is 19.7 Å². The van der Waals surface area contributed by atoms with Gasteiger partial charge in [0.1, 0.15) is 92.7 Å². The number of carboxylic acid groups (broad SMARTS) is 1. The molecule has 9 N–H and O–H groups in total. The molecule has 6 heterocycles. The molecule has 38 heteroatoms. The van der Waals surface area contributed by atoms with Gasteiger partial charge in [0.25, 0.3) is 11.8 Å².